The highest BCUT2D eigenvalue weighted by Gasteiger charge is 2.20. The first kappa shape index (κ1) is 19.9. The Bertz CT molecular complexity index is 731. The lowest BCUT2D eigenvalue weighted by atomic mass is 10.0. The first-order chi connectivity index (χ1) is 13.1. The zero-order chi connectivity index (χ0) is 19.1. The summed E-state index contributed by atoms with van der Waals surface area (Å²) in [6.45, 7) is 6.84. The predicted octanol–water partition coefficient (Wildman–Crippen LogP) is 2.90. The van der Waals surface area contributed by atoms with Gasteiger partial charge in [0.1, 0.15) is 0 Å². The molecule has 1 aliphatic rings. The smallest absolute Gasteiger partial charge is 0.191 e. The number of aromatic nitrogens is 2. The molecular formula is C20H29BrN6. The lowest BCUT2D eigenvalue weighted by Crippen LogP contribution is -2.48. The third kappa shape index (κ3) is 6.36. The van der Waals surface area contributed by atoms with E-state index < -0.39 is 0 Å². The number of nitrogens with zero attached hydrogens (tertiary/aromatic N) is 4. The number of halogens is 1. The Balaban J connectivity index is 1.47. The minimum absolute atomic E-state index is 0.470. The summed E-state index contributed by atoms with van der Waals surface area (Å²) >= 11 is 3.50. The highest BCUT2D eigenvalue weighted by molar-refractivity contribution is 9.10. The molecule has 1 aromatic carbocycles. The zero-order valence-electron chi connectivity index (χ0n) is 16.2. The van der Waals surface area contributed by atoms with E-state index in [4.69, 9.17) is 4.99 Å². The van der Waals surface area contributed by atoms with E-state index in [0.29, 0.717) is 12.6 Å². The van der Waals surface area contributed by atoms with E-state index in [9.17, 15) is 0 Å². The van der Waals surface area contributed by atoms with Gasteiger partial charge in [0, 0.05) is 55.5 Å². The normalized spacial score (nSPS) is 16.5. The number of guanidine groups is 1. The van der Waals surface area contributed by atoms with Crippen LogP contribution in [0.3, 0.4) is 0 Å². The van der Waals surface area contributed by atoms with E-state index >= 15 is 0 Å². The van der Waals surface area contributed by atoms with Gasteiger partial charge in [0.15, 0.2) is 5.96 Å². The van der Waals surface area contributed by atoms with Crippen molar-refractivity contribution >= 4 is 21.9 Å². The quantitative estimate of drug-likeness (QED) is 0.544. The second-order valence-corrected chi connectivity index (χ2v) is 7.95. The van der Waals surface area contributed by atoms with E-state index in [1.807, 2.05) is 24.1 Å². The van der Waals surface area contributed by atoms with Gasteiger partial charge in [-0.15, -0.1) is 0 Å². The van der Waals surface area contributed by atoms with Crippen molar-refractivity contribution in [3.8, 4) is 0 Å². The molecule has 6 nitrogen and oxygen atoms in total. The van der Waals surface area contributed by atoms with Gasteiger partial charge in [-0.2, -0.15) is 5.10 Å². The van der Waals surface area contributed by atoms with Crippen molar-refractivity contribution in [2.75, 3.05) is 19.6 Å². The van der Waals surface area contributed by atoms with Crippen molar-refractivity contribution in [3.63, 3.8) is 0 Å². The van der Waals surface area contributed by atoms with Crippen LogP contribution in [0.2, 0.25) is 0 Å². The second kappa shape index (κ2) is 9.90. The summed E-state index contributed by atoms with van der Waals surface area (Å²) in [5.41, 5.74) is 2.50. The monoisotopic (exact) mass is 432 g/mol. The average Bonchev–Trinajstić information content (AvgIpc) is 3.09. The maximum atomic E-state index is 4.71. The predicted molar refractivity (Wildman–Crippen MR) is 114 cm³/mol. The molecule has 0 radical (unpaired) electrons. The fourth-order valence-corrected chi connectivity index (χ4v) is 3.59. The standard InChI is InChI=1S/C20H29BrN6/c1-3-22-20(23-12-17-13-24-26(2)14-17)25-19-8-10-27(11-9-19)15-16-4-6-18(21)7-5-16/h4-7,13-14,19H,3,8-12,15H2,1-2H3,(H2,22,23,25). The molecule has 1 aliphatic heterocycles. The van der Waals surface area contributed by atoms with Crippen LogP contribution in [0.1, 0.15) is 30.9 Å². The van der Waals surface area contributed by atoms with Gasteiger partial charge >= 0.3 is 0 Å². The number of hydrogen-bond acceptors (Lipinski definition) is 3. The third-order valence-electron chi connectivity index (χ3n) is 4.77. The zero-order valence-corrected chi connectivity index (χ0v) is 17.7. The number of likely N-dealkylation sites (tertiary alicyclic amines) is 1. The first-order valence-corrected chi connectivity index (χ1v) is 10.4. The summed E-state index contributed by atoms with van der Waals surface area (Å²) in [6, 6.07) is 9.10. The van der Waals surface area contributed by atoms with Gasteiger partial charge in [-0.1, -0.05) is 28.1 Å². The van der Waals surface area contributed by atoms with Crippen molar-refractivity contribution in [2.45, 2.75) is 38.9 Å². The van der Waals surface area contributed by atoms with Crippen molar-refractivity contribution in [1.82, 2.24) is 25.3 Å². The van der Waals surface area contributed by atoms with Crippen LogP contribution in [-0.2, 0) is 20.1 Å². The summed E-state index contributed by atoms with van der Waals surface area (Å²) in [6.07, 6.45) is 6.14. The largest absolute Gasteiger partial charge is 0.357 e. The van der Waals surface area contributed by atoms with E-state index in [1.165, 1.54) is 5.56 Å². The average molecular weight is 433 g/mol. The molecule has 1 saturated heterocycles. The molecule has 0 saturated carbocycles. The minimum atomic E-state index is 0.470. The maximum absolute atomic E-state index is 4.71. The van der Waals surface area contributed by atoms with E-state index in [2.05, 4.69) is 67.8 Å². The lowest BCUT2D eigenvalue weighted by Gasteiger charge is -2.33. The molecule has 1 fully saturated rings. The van der Waals surface area contributed by atoms with Crippen LogP contribution < -0.4 is 10.6 Å². The lowest BCUT2D eigenvalue weighted by molar-refractivity contribution is 0.198. The molecular weight excluding hydrogens is 404 g/mol. The van der Waals surface area contributed by atoms with E-state index in [1.54, 1.807) is 0 Å². The molecule has 0 atom stereocenters. The summed E-state index contributed by atoms with van der Waals surface area (Å²) in [5, 5.41) is 11.2. The molecule has 2 heterocycles. The van der Waals surface area contributed by atoms with Crippen molar-refractivity contribution in [2.24, 2.45) is 12.0 Å². The van der Waals surface area contributed by atoms with Crippen LogP contribution in [-0.4, -0.2) is 46.3 Å². The van der Waals surface area contributed by atoms with Crippen LogP contribution in [0.5, 0.6) is 0 Å². The van der Waals surface area contributed by atoms with Crippen molar-refractivity contribution in [1.29, 1.82) is 0 Å². The topological polar surface area (TPSA) is 57.5 Å². The van der Waals surface area contributed by atoms with Gasteiger partial charge in [-0.25, -0.2) is 4.99 Å². The Kier molecular flexibility index (Phi) is 7.29. The number of aliphatic imine (C=N–C) groups is 1. The molecule has 1 aromatic heterocycles. The molecule has 0 aliphatic carbocycles. The van der Waals surface area contributed by atoms with E-state index in [-0.39, 0.29) is 0 Å². The van der Waals surface area contributed by atoms with Crippen LogP contribution in [0.25, 0.3) is 0 Å². The second-order valence-electron chi connectivity index (χ2n) is 7.04. The molecule has 3 rings (SSSR count). The first-order valence-electron chi connectivity index (χ1n) is 9.61. The van der Waals surface area contributed by atoms with Crippen LogP contribution in [0.15, 0.2) is 46.1 Å². The summed E-state index contributed by atoms with van der Waals surface area (Å²) in [5.74, 6) is 0.896. The minimum Gasteiger partial charge on any atom is -0.357 e. The van der Waals surface area contributed by atoms with E-state index in [0.717, 1.165) is 55.0 Å². The number of benzene rings is 1. The SMILES string of the molecule is CCNC(=NCc1cnn(C)c1)NC1CCN(Cc2ccc(Br)cc2)CC1. The Morgan fingerprint density at radius 2 is 1.96 bits per heavy atom. The van der Waals surface area contributed by atoms with Gasteiger partial charge in [-0.05, 0) is 37.5 Å². The number of nitrogens with one attached hydrogen (secondary N) is 2. The van der Waals surface area contributed by atoms with Crippen molar-refractivity contribution in [3.05, 3.63) is 52.3 Å². The Morgan fingerprint density at radius 1 is 1.22 bits per heavy atom. The fraction of sp³-hybridized carbons (Fsp3) is 0.500. The maximum Gasteiger partial charge on any atom is 0.191 e. The molecule has 0 bridgehead atoms. The Morgan fingerprint density at radius 3 is 2.59 bits per heavy atom. The number of piperidine rings is 1. The van der Waals surface area contributed by atoms with Gasteiger partial charge in [-0.3, -0.25) is 9.58 Å². The Hall–Kier alpha value is -1.86. The molecule has 2 aromatic rings. The van der Waals surface area contributed by atoms with Crippen LogP contribution in [0.4, 0.5) is 0 Å². The Labute approximate surface area is 170 Å². The number of rotatable bonds is 6. The molecule has 7 heteroatoms. The summed E-state index contributed by atoms with van der Waals surface area (Å²) < 4.78 is 2.95. The molecule has 0 amide bonds. The van der Waals surface area contributed by atoms with Gasteiger partial charge in [0.05, 0.1) is 12.7 Å². The van der Waals surface area contributed by atoms with Crippen LogP contribution in [0, 0.1) is 0 Å². The summed E-state index contributed by atoms with van der Waals surface area (Å²) in [7, 11) is 1.93. The number of hydrogen-bond donors (Lipinski definition) is 2. The molecule has 0 spiro atoms. The van der Waals surface area contributed by atoms with Gasteiger partial charge in [0.25, 0.3) is 0 Å². The summed E-state index contributed by atoms with van der Waals surface area (Å²) in [4.78, 5) is 7.24. The molecule has 146 valence electrons. The highest BCUT2D eigenvalue weighted by Crippen LogP contribution is 2.16. The van der Waals surface area contributed by atoms with Crippen LogP contribution >= 0.6 is 15.9 Å². The molecule has 0 unspecified atom stereocenters. The third-order valence-corrected chi connectivity index (χ3v) is 5.30. The van der Waals surface area contributed by atoms with Gasteiger partial charge in [0.2, 0.25) is 0 Å². The van der Waals surface area contributed by atoms with Gasteiger partial charge < -0.3 is 10.6 Å². The molecule has 2 N–H and O–H groups in total. The van der Waals surface area contributed by atoms with Crippen molar-refractivity contribution < 1.29 is 0 Å². The molecule has 27 heavy (non-hydrogen) atoms. The number of aryl methyl sites for hydroxylation is 1. The highest BCUT2D eigenvalue weighted by atomic mass is 79.9. The fourth-order valence-electron chi connectivity index (χ4n) is 3.32.